The Labute approximate surface area is 233 Å². The number of aromatic nitrogens is 2. The third kappa shape index (κ3) is 8.22. The van der Waals surface area contributed by atoms with E-state index in [4.69, 9.17) is 30.5 Å². The normalized spacial score (nSPS) is 26.1. The molecule has 40 heavy (non-hydrogen) atoms. The van der Waals surface area contributed by atoms with Gasteiger partial charge in [0.2, 0.25) is 0 Å². The first-order chi connectivity index (χ1) is 18.4. The summed E-state index contributed by atoms with van der Waals surface area (Å²) in [4.78, 5) is 50.3. The summed E-state index contributed by atoms with van der Waals surface area (Å²) in [7, 11) is 0. The van der Waals surface area contributed by atoms with Gasteiger partial charge >= 0.3 is 17.6 Å². The fourth-order valence-electron chi connectivity index (χ4n) is 3.61. The molecule has 0 aliphatic carbocycles. The summed E-state index contributed by atoms with van der Waals surface area (Å²) >= 11 is 5.53. The first-order valence-electron chi connectivity index (χ1n) is 12.3. The Morgan fingerprint density at radius 1 is 1.10 bits per heavy atom. The lowest BCUT2D eigenvalue weighted by Gasteiger charge is -2.35. The summed E-state index contributed by atoms with van der Waals surface area (Å²) in [5, 5.41) is 26.5. The Bertz CT molecular complexity index is 1180. The van der Waals surface area contributed by atoms with Crippen LogP contribution in [-0.2, 0) is 40.1 Å². The second kappa shape index (κ2) is 13.7. The van der Waals surface area contributed by atoms with E-state index in [1.54, 1.807) is 27.7 Å². The van der Waals surface area contributed by atoms with Crippen molar-refractivity contribution in [3.8, 4) is 0 Å². The van der Waals surface area contributed by atoms with Gasteiger partial charge in [0.15, 0.2) is 18.4 Å². The molecule has 1 saturated heterocycles. The van der Waals surface area contributed by atoms with Crippen molar-refractivity contribution < 1.29 is 47.3 Å². The highest BCUT2D eigenvalue weighted by Crippen LogP contribution is 2.46. The third-order valence-electron chi connectivity index (χ3n) is 5.56. The molecule has 14 nitrogen and oxygen atoms in total. The van der Waals surface area contributed by atoms with E-state index < -0.39 is 91.1 Å². The molecule has 0 bridgehead atoms. The molecule has 0 aromatic carbocycles. The lowest BCUT2D eigenvalue weighted by molar-refractivity contribution is -0.191. The maximum absolute atomic E-state index is 14.5. The van der Waals surface area contributed by atoms with Crippen LogP contribution in [0.3, 0.4) is 0 Å². The van der Waals surface area contributed by atoms with Crippen molar-refractivity contribution in [3.63, 3.8) is 0 Å². The molecule has 1 aromatic heterocycles. The van der Waals surface area contributed by atoms with Crippen LogP contribution in [-0.4, -0.2) is 86.8 Å². The summed E-state index contributed by atoms with van der Waals surface area (Å²) in [5.41, 5.74) is -4.79. The van der Waals surface area contributed by atoms with E-state index in [0.717, 1.165) is 12.3 Å². The van der Waals surface area contributed by atoms with Gasteiger partial charge in [0, 0.05) is 12.3 Å². The number of aliphatic hydroxyl groups is 2. The summed E-state index contributed by atoms with van der Waals surface area (Å²) < 4.78 is 50.9. The summed E-state index contributed by atoms with van der Waals surface area (Å²) in [6.45, 7) is 4.23. The molecule has 0 spiro atoms. The number of nitrogens with one attached hydrogen (secondary N) is 3. The van der Waals surface area contributed by atoms with E-state index in [2.05, 4.69) is 10.2 Å². The number of hydrogen-bond acceptors (Lipinski definition) is 11. The smallest absolute Gasteiger partial charge is 0.330 e. The highest BCUT2D eigenvalue weighted by atomic mass is 32.4. The zero-order valence-electron chi connectivity index (χ0n) is 22.7. The van der Waals surface area contributed by atoms with Gasteiger partial charge in [0.05, 0.1) is 18.8 Å². The number of aromatic amines is 1. The van der Waals surface area contributed by atoms with Crippen LogP contribution in [0.25, 0.3) is 0 Å². The molecular weight excluding hydrogens is 581 g/mol. The molecule has 0 radical (unpaired) electrons. The SMILES string of the molecule is CC(C)OC(=O)C(C)NP(=S)(NC(C)C(=O)OC(C)C)OCC1(C(F)F)OC(n2ccc(=O)[nH]c2=O)C(O)C1O. The predicted molar refractivity (Wildman–Crippen MR) is 140 cm³/mol. The van der Waals surface area contributed by atoms with Gasteiger partial charge in [-0.3, -0.25) is 23.9 Å². The number of alkyl halides is 2. The molecule has 228 valence electrons. The molecule has 1 aliphatic heterocycles. The van der Waals surface area contributed by atoms with Gasteiger partial charge in [0.1, 0.15) is 24.3 Å². The first kappa shape index (κ1) is 34.1. The van der Waals surface area contributed by atoms with Crippen LogP contribution >= 0.6 is 6.57 Å². The van der Waals surface area contributed by atoms with Gasteiger partial charge < -0.3 is 28.9 Å². The van der Waals surface area contributed by atoms with Crippen molar-refractivity contribution in [3.05, 3.63) is 33.1 Å². The van der Waals surface area contributed by atoms with Gasteiger partial charge in [-0.15, -0.1) is 0 Å². The van der Waals surface area contributed by atoms with E-state index in [1.807, 2.05) is 4.98 Å². The quantitative estimate of drug-likeness (QED) is 0.146. The molecule has 6 atom stereocenters. The number of hydrogen-bond donors (Lipinski definition) is 5. The van der Waals surface area contributed by atoms with E-state index in [1.165, 1.54) is 13.8 Å². The molecule has 2 heterocycles. The maximum Gasteiger partial charge on any atom is 0.330 e. The van der Waals surface area contributed by atoms with Crippen molar-refractivity contribution in [2.45, 2.75) is 96.3 Å². The van der Waals surface area contributed by atoms with Gasteiger partial charge in [-0.25, -0.2) is 23.7 Å². The van der Waals surface area contributed by atoms with Crippen LogP contribution < -0.4 is 21.4 Å². The van der Waals surface area contributed by atoms with Crippen LogP contribution in [0, 0.1) is 0 Å². The highest BCUT2D eigenvalue weighted by molar-refractivity contribution is 8.10. The van der Waals surface area contributed by atoms with Crippen molar-refractivity contribution in [2.75, 3.05) is 6.61 Å². The zero-order valence-corrected chi connectivity index (χ0v) is 24.4. The van der Waals surface area contributed by atoms with E-state index >= 15 is 0 Å². The van der Waals surface area contributed by atoms with E-state index in [0.29, 0.717) is 4.57 Å². The van der Waals surface area contributed by atoms with Crippen molar-refractivity contribution in [1.29, 1.82) is 0 Å². The Balaban J connectivity index is 2.39. The second-order valence-electron chi connectivity index (χ2n) is 9.71. The Morgan fingerprint density at radius 3 is 2.02 bits per heavy atom. The minimum atomic E-state index is -3.81. The highest BCUT2D eigenvalue weighted by Gasteiger charge is 2.61. The number of halogens is 2. The molecule has 18 heteroatoms. The Kier molecular flexibility index (Phi) is 11.7. The minimum absolute atomic E-state index is 0.484. The average molecular weight is 617 g/mol. The molecule has 6 unspecified atom stereocenters. The fraction of sp³-hybridized carbons (Fsp3) is 0.727. The summed E-state index contributed by atoms with van der Waals surface area (Å²) in [5.74, 6) is -1.50. The van der Waals surface area contributed by atoms with Crippen molar-refractivity contribution in [2.24, 2.45) is 0 Å². The molecule has 0 amide bonds. The van der Waals surface area contributed by atoms with E-state index in [-0.39, 0.29) is 0 Å². The van der Waals surface area contributed by atoms with Gasteiger partial charge in [0.25, 0.3) is 12.0 Å². The number of H-pyrrole nitrogens is 1. The van der Waals surface area contributed by atoms with E-state index in [9.17, 15) is 38.2 Å². The topological polar surface area (TPSA) is 190 Å². The van der Waals surface area contributed by atoms with Gasteiger partial charge in [-0.2, -0.15) is 0 Å². The molecule has 1 aliphatic rings. The number of nitrogens with zero attached hydrogens (tertiary/aromatic N) is 1. The molecular formula is C22H35F2N4O10PS. The lowest BCUT2D eigenvalue weighted by atomic mass is 9.96. The predicted octanol–water partition coefficient (Wildman–Crippen LogP) is -0.108. The number of rotatable bonds is 13. The number of carbonyl (C=O) groups excluding carboxylic acids is 2. The summed E-state index contributed by atoms with van der Waals surface area (Å²) in [6.07, 6.45) is -9.75. The maximum atomic E-state index is 14.5. The number of esters is 2. The average Bonchev–Trinajstić information content (AvgIpc) is 3.08. The number of carbonyl (C=O) groups is 2. The fourth-order valence-corrected chi connectivity index (χ4v) is 6.55. The van der Waals surface area contributed by atoms with Gasteiger partial charge in [-0.05, 0) is 53.3 Å². The largest absolute Gasteiger partial charge is 0.462 e. The Hall–Kier alpha value is -2.11. The first-order valence-corrected chi connectivity index (χ1v) is 15.0. The molecule has 2 rings (SSSR count). The second-order valence-corrected chi connectivity index (χ2v) is 13.1. The van der Waals surface area contributed by atoms with Crippen molar-refractivity contribution in [1.82, 2.24) is 19.7 Å². The van der Waals surface area contributed by atoms with Crippen molar-refractivity contribution >= 4 is 30.3 Å². The third-order valence-corrected chi connectivity index (χ3v) is 8.46. The molecule has 5 N–H and O–H groups in total. The van der Waals surface area contributed by atoms with Crippen LogP contribution in [0.1, 0.15) is 47.8 Å². The van der Waals surface area contributed by atoms with Crippen LogP contribution in [0.5, 0.6) is 0 Å². The monoisotopic (exact) mass is 616 g/mol. The van der Waals surface area contributed by atoms with Crippen LogP contribution in [0.4, 0.5) is 8.78 Å². The Morgan fingerprint density at radius 2 is 1.60 bits per heavy atom. The minimum Gasteiger partial charge on any atom is -0.462 e. The van der Waals surface area contributed by atoms with Crippen LogP contribution in [0.2, 0.25) is 0 Å². The lowest BCUT2D eigenvalue weighted by Crippen LogP contribution is -2.53. The van der Waals surface area contributed by atoms with Gasteiger partial charge in [-0.1, -0.05) is 0 Å². The zero-order chi connectivity index (χ0) is 30.6. The standard InChI is InChI=1S/C22H35F2N4O10PS/c1-10(2)36-18(32)12(5)26-39(40,27-13(6)19(33)37-11(3)4)35-9-22(20(23)24)16(31)15(30)17(38-22)28-8-7-14(29)25-21(28)34/h7-8,10-13,15-17,20,30-31H,9H2,1-6H3,(H,25,29,34)(H2,26,27,40). The number of aliphatic hydroxyl groups excluding tert-OH is 2. The summed E-state index contributed by atoms with van der Waals surface area (Å²) in [6, 6.07) is -1.38. The molecule has 1 fully saturated rings. The molecule has 1 aromatic rings. The molecule has 0 saturated carbocycles. The van der Waals surface area contributed by atoms with Crippen LogP contribution in [0.15, 0.2) is 21.9 Å². The number of ether oxygens (including phenoxy) is 3.